The van der Waals surface area contributed by atoms with Crippen LogP contribution in [0.15, 0.2) is 54.2 Å². The molecule has 0 aromatic heterocycles. The van der Waals surface area contributed by atoms with Gasteiger partial charge in [0.2, 0.25) is 0 Å². The van der Waals surface area contributed by atoms with Crippen molar-refractivity contribution in [1.82, 2.24) is 0 Å². The summed E-state index contributed by atoms with van der Waals surface area (Å²) in [5.41, 5.74) is -0.170. The highest BCUT2D eigenvalue weighted by atomic mass is 16.5. The first-order valence-corrected chi connectivity index (χ1v) is 9.37. The molecule has 7 nitrogen and oxygen atoms in total. The molecule has 0 saturated carbocycles. The van der Waals surface area contributed by atoms with Crippen molar-refractivity contribution in [3.8, 4) is 11.5 Å². The number of aliphatic hydroxyl groups excluding tert-OH is 3. The number of carbonyl (C=O) groups excluding carboxylic acids is 1. The van der Waals surface area contributed by atoms with E-state index in [0.29, 0.717) is 30.8 Å². The van der Waals surface area contributed by atoms with Crippen molar-refractivity contribution in [2.24, 2.45) is 0 Å². The van der Waals surface area contributed by atoms with Crippen LogP contribution in [0.2, 0.25) is 0 Å². The van der Waals surface area contributed by atoms with Crippen molar-refractivity contribution in [2.45, 2.75) is 37.1 Å². The van der Waals surface area contributed by atoms with E-state index in [9.17, 15) is 20.1 Å². The highest BCUT2D eigenvalue weighted by Crippen LogP contribution is 2.33. The van der Waals surface area contributed by atoms with Crippen LogP contribution in [0.25, 0.3) is 0 Å². The Morgan fingerprint density at radius 1 is 1.17 bits per heavy atom. The third kappa shape index (κ3) is 5.77. The van der Waals surface area contributed by atoms with Crippen LogP contribution in [0, 0.1) is 0 Å². The number of hydrogen-bond donors (Lipinski definition) is 4. The number of benzene rings is 1. The minimum Gasteiger partial charge on any atom is -0.493 e. The number of allylic oxidation sites excluding steroid dienone is 3. The van der Waals surface area contributed by atoms with Crippen molar-refractivity contribution in [2.75, 3.05) is 20.8 Å². The van der Waals surface area contributed by atoms with Crippen LogP contribution < -0.4 is 9.47 Å². The second kappa shape index (κ2) is 10.4. The molecule has 1 aliphatic rings. The monoisotopic (exact) mass is 404 g/mol. The number of aliphatic hydroxyl groups is 4. The van der Waals surface area contributed by atoms with E-state index in [0.717, 1.165) is 5.56 Å². The van der Waals surface area contributed by atoms with Gasteiger partial charge in [0.15, 0.2) is 17.3 Å². The molecule has 1 aliphatic carbocycles. The normalized spacial score (nSPS) is 22.4. The van der Waals surface area contributed by atoms with Crippen molar-refractivity contribution in [3.05, 3.63) is 59.7 Å². The summed E-state index contributed by atoms with van der Waals surface area (Å²) in [5.74, 6) is 0.971. The molecular weight excluding hydrogens is 376 g/mol. The predicted octanol–water partition coefficient (Wildman–Crippen LogP) is 1.09. The molecule has 158 valence electrons. The minimum atomic E-state index is -1.39. The van der Waals surface area contributed by atoms with Gasteiger partial charge in [-0.05, 0) is 49.1 Å². The summed E-state index contributed by atoms with van der Waals surface area (Å²) in [7, 11) is 3.14. The van der Waals surface area contributed by atoms with Crippen LogP contribution >= 0.6 is 0 Å². The molecule has 0 radical (unpaired) electrons. The van der Waals surface area contributed by atoms with Gasteiger partial charge in [-0.1, -0.05) is 24.3 Å². The Bertz CT molecular complexity index is 796. The molecule has 0 saturated heterocycles. The topological polar surface area (TPSA) is 116 Å². The summed E-state index contributed by atoms with van der Waals surface area (Å²) in [6, 6.07) is 5.63. The van der Waals surface area contributed by atoms with Crippen molar-refractivity contribution in [3.63, 3.8) is 0 Å². The molecule has 1 aromatic carbocycles. The number of aryl methyl sites for hydroxylation is 1. The zero-order valence-electron chi connectivity index (χ0n) is 16.6. The van der Waals surface area contributed by atoms with Crippen LogP contribution in [0.1, 0.15) is 18.4 Å². The van der Waals surface area contributed by atoms with Gasteiger partial charge >= 0.3 is 0 Å². The van der Waals surface area contributed by atoms with E-state index in [1.165, 1.54) is 30.4 Å². The lowest BCUT2D eigenvalue weighted by Gasteiger charge is -2.22. The highest BCUT2D eigenvalue weighted by Gasteiger charge is 2.36. The summed E-state index contributed by atoms with van der Waals surface area (Å²) < 4.78 is 10.5. The Balaban J connectivity index is 2.03. The standard InChI is InChI=1S/C22H28O7/c1-28-20-9-8-15(13-21(20)29-2)5-4-11-22(27)12-10-17(24)16(22)6-3-7-18(25)19(26)14-23/h3,6-10,12-13,18-19,23,25-27H,4-5,11,14H2,1-2H3/b7-3+,16-6+. The van der Waals surface area contributed by atoms with Gasteiger partial charge in [-0.2, -0.15) is 0 Å². The zero-order chi connectivity index (χ0) is 21.4. The highest BCUT2D eigenvalue weighted by molar-refractivity contribution is 6.09. The van der Waals surface area contributed by atoms with E-state index in [1.54, 1.807) is 14.2 Å². The van der Waals surface area contributed by atoms with Gasteiger partial charge in [0.05, 0.1) is 20.8 Å². The summed E-state index contributed by atoms with van der Waals surface area (Å²) in [5, 5.41) is 38.7. The van der Waals surface area contributed by atoms with Gasteiger partial charge in [0.25, 0.3) is 0 Å². The molecule has 0 spiro atoms. The summed E-state index contributed by atoms with van der Waals surface area (Å²) in [6.07, 6.45) is 5.94. The van der Waals surface area contributed by atoms with E-state index in [1.807, 2.05) is 18.2 Å². The quantitative estimate of drug-likeness (QED) is 0.432. The molecule has 3 unspecified atom stereocenters. The molecule has 3 atom stereocenters. The van der Waals surface area contributed by atoms with Gasteiger partial charge in [0, 0.05) is 5.57 Å². The number of ether oxygens (including phenoxy) is 2. The lowest BCUT2D eigenvalue weighted by atomic mass is 9.89. The summed E-state index contributed by atoms with van der Waals surface area (Å²) >= 11 is 0. The van der Waals surface area contributed by atoms with Gasteiger partial charge in [-0.15, -0.1) is 0 Å². The molecule has 7 heteroatoms. The molecule has 1 aromatic rings. The maximum atomic E-state index is 12.1. The van der Waals surface area contributed by atoms with Gasteiger partial charge in [0.1, 0.15) is 17.8 Å². The maximum absolute atomic E-state index is 12.1. The Morgan fingerprint density at radius 3 is 2.55 bits per heavy atom. The van der Waals surface area contributed by atoms with E-state index < -0.39 is 24.4 Å². The van der Waals surface area contributed by atoms with Crippen molar-refractivity contribution >= 4 is 5.78 Å². The lowest BCUT2D eigenvalue weighted by molar-refractivity contribution is -0.112. The largest absolute Gasteiger partial charge is 0.493 e. The second-order valence-corrected chi connectivity index (χ2v) is 6.87. The number of rotatable bonds is 10. The van der Waals surface area contributed by atoms with Crippen molar-refractivity contribution < 1.29 is 34.7 Å². The molecule has 4 N–H and O–H groups in total. The molecule has 29 heavy (non-hydrogen) atoms. The Morgan fingerprint density at radius 2 is 1.90 bits per heavy atom. The third-order valence-corrected chi connectivity index (χ3v) is 4.87. The molecule has 0 heterocycles. The first-order valence-electron chi connectivity index (χ1n) is 9.37. The zero-order valence-corrected chi connectivity index (χ0v) is 16.6. The van der Waals surface area contributed by atoms with Crippen LogP contribution in [-0.4, -0.2) is 64.8 Å². The fourth-order valence-electron chi connectivity index (χ4n) is 3.15. The number of ketones is 1. The van der Waals surface area contributed by atoms with Crippen LogP contribution in [0.4, 0.5) is 0 Å². The third-order valence-electron chi connectivity index (χ3n) is 4.87. The van der Waals surface area contributed by atoms with E-state index in [4.69, 9.17) is 14.6 Å². The van der Waals surface area contributed by atoms with Crippen LogP contribution in [0.3, 0.4) is 0 Å². The first-order chi connectivity index (χ1) is 13.8. The maximum Gasteiger partial charge on any atom is 0.184 e. The van der Waals surface area contributed by atoms with E-state index in [2.05, 4.69) is 0 Å². The van der Waals surface area contributed by atoms with Crippen LogP contribution in [-0.2, 0) is 11.2 Å². The van der Waals surface area contributed by atoms with Crippen molar-refractivity contribution in [1.29, 1.82) is 0 Å². The molecule has 2 rings (SSSR count). The molecule has 0 aliphatic heterocycles. The SMILES string of the molecule is COc1ccc(CCCC2(O)C=CC(=O)/C2=C\C=C\C(O)C(O)CO)cc1OC. The van der Waals surface area contributed by atoms with Gasteiger partial charge < -0.3 is 29.9 Å². The summed E-state index contributed by atoms with van der Waals surface area (Å²) in [4.78, 5) is 12.1. The first kappa shape index (κ1) is 22.8. The minimum absolute atomic E-state index is 0.201. The smallest absolute Gasteiger partial charge is 0.184 e. The fraction of sp³-hybridized carbons (Fsp3) is 0.409. The Labute approximate surface area is 170 Å². The number of methoxy groups -OCH3 is 2. The summed E-state index contributed by atoms with van der Waals surface area (Å²) in [6.45, 7) is -0.581. The fourth-order valence-corrected chi connectivity index (χ4v) is 3.15. The van der Waals surface area contributed by atoms with E-state index >= 15 is 0 Å². The molecule has 0 amide bonds. The average Bonchev–Trinajstić information content (AvgIpc) is 3.01. The van der Waals surface area contributed by atoms with Crippen LogP contribution in [0.5, 0.6) is 11.5 Å². The molecule has 0 bridgehead atoms. The lowest BCUT2D eigenvalue weighted by Crippen LogP contribution is -2.28. The molecular formula is C22H28O7. The number of carbonyl (C=O) groups is 1. The second-order valence-electron chi connectivity index (χ2n) is 6.87. The Hall–Kier alpha value is -2.45. The Kier molecular flexibility index (Phi) is 8.16. The van der Waals surface area contributed by atoms with Gasteiger partial charge in [-0.3, -0.25) is 4.79 Å². The van der Waals surface area contributed by atoms with Gasteiger partial charge in [-0.25, -0.2) is 0 Å². The average molecular weight is 404 g/mol. The van der Waals surface area contributed by atoms with E-state index in [-0.39, 0.29) is 11.4 Å². The predicted molar refractivity (Wildman–Crippen MR) is 108 cm³/mol. The molecule has 0 fully saturated rings. The number of hydrogen-bond acceptors (Lipinski definition) is 7.